The number of hydrogen-bond donors (Lipinski definition) is 0. The van der Waals surface area contributed by atoms with Crippen LogP contribution >= 0.6 is 0 Å². The van der Waals surface area contributed by atoms with E-state index < -0.39 is 22.9 Å². The molecule has 1 fully saturated rings. The highest BCUT2D eigenvalue weighted by Gasteiger charge is 2.54. The van der Waals surface area contributed by atoms with Crippen LogP contribution in [0.4, 0.5) is 0 Å². The lowest BCUT2D eigenvalue weighted by Gasteiger charge is -2.17. The second kappa shape index (κ2) is 7.21. The van der Waals surface area contributed by atoms with Crippen LogP contribution in [0, 0.1) is 16.0 Å². The molecule has 1 aromatic rings. The molecule has 7 nitrogen and oxygen atoms in total. The minimum Gasteiger partial charge on any atom is -0.455 e. The molecule has 2 rings (SSSR count). The van der Waals surface area contributed by atoms with Crippen molar-refractivity contribution in [2.24, 2.45) is 5.92 Å². The van der Waals surface area contributed by atoms with E-state index in [1.165, 1.54) is 10.5 Å². The van der Waals surface area contributed by atoms with Crippen molar-refractivity contribution >= 4 is 11.9 Å². The molecule has 0 bridgehead atoms. The number of carbonyl (C=O) groups is 2. The molecule has 1 saturated carbocycles. The van der Waals surface area contributed by atoms with E-state index >= 15 is 0 Å². The molecule has 1 amide bonds. The summed E-state index contributed by atoms with van der Waals surface area (Å²) in [6.45, 7) is 2.10. The molecule has 1 aliphatic carbocycles. The van der Waals surface area contributed by atoms with Crippen molar-refractivity contribution < 1.29 is 19.2 Å². The van der Waals surface area contributed by atoms with Crippen LogP contribution in [0.5, 0.6) is 0 Å². The second-order valence-corrected chi connectivity index (χ2v) is 5.72. The molecule has 1 aromatic carbocycles. The van der Waals surface area contributed by atoms with Crippen molar-refractivity contribution in [3.63, 3.8) is 0 Å². The van der Waals surface area contributed by atoms with Gasteiger partial charge in [-0.1, -0.05) is 31.2 Å². The van der Waals surface area contributed by atoms with Crippen molar-refractivity contribution in [2.45, 2.75) is 32.4 Å². The van der Waals surface area contributed by atoms with Crippen LogP contribution in [-0.4, -0.2) is 41.4 Å². The maximum atomic E-state index is 11.9. The van der Waals surface area contributed by atoms with Crippen LogP contribution in [0.3, 0.4) is 0 Å². The zero-order valence-electron chi connectivity index (χ0n) is 13.2. The first-order chi connectivity index (χ1) is 10.9. The Hall–Kier alpha value is -2.44. The zero-order chi connectivity index (χ0) is 17.0. The van der Waals surface area contributed by atoms with Gasteiger partial charge in [0, 0.05) is 24.9 Å². The van der Waals surface area contributed by atoms with Gasteiger partial charge in [-0.15, -0.1) is 0 Å². The zero-order valence-corrected chi connectivity index (χ0v) is 13.2. The highest BCUT2D eigenvalue weighted by Crippen LogP contribution is 2.34. The third kappa shape index (κ3) is 4.51. The molecule has 0 saturated heterocycles. The number of nitrogens with zero attached hydrogens (tertiary/aromatic N) is 2. The van der Waals surface area contributed by atoms with E-state index in [4.69, 9.17) is 4.74 Å². The Balaban J connectivity index is 1.76. The smallest absolute Gasteiger partial charge is 0.316 e. The van der Waals surface area contributed by atoms with Crippen LogP contribution in [0.2, 0.25) is 0 Å². The van der Waals surface area contributed by atoms with E-state index in [0.717, 1.165) is 12.0 Å². The molecule has 0 heterocycles. The fourth-order valence-corrected chi connectivity index (χ4v) is 2.26. The van der Waals surface area contributed by atoms with Gasteiger partial charge < -0.3 is 9.64 Å². The van der Waals surface area contributed by atoms with Gasteiger partial charge in [0.15, 0.2) is 6.61 Å². The number of carbonyl (C=O) groups excluding carboxylic acids is 2. The maximum Gasteiger partial charge on any atom is 0.316 e. The Morgan fingerprint density at radius 1 is 1.30 bits per heavy atom. The summed E-state index contributed by atoms with van der Waals surface area (Å²) < 4.78 is 4.87. The summed E-state index contributed by atoms with van der Waals surface area (Å²) in [7, 11) is 1.63. The van der Waals surface area contributed by atoms with Gasteiger partial charge >= 0.3 is 5.97 Å². The third-order valence-corrected chi connectivity index (χ3v) is 3.94. The number of amides is 1. The number of likely N-dealkylation sites (N-methyl/N-ethyl adjacent to an activating group) is 1. The quantitative estimate of drug-likeness (QED) is 0.430. The Kier molecular flexibility index (Phi) is 5.31. The molecule has 7 heteroatoms. The van der Waals surface area contributed by atoms with Gasteiger partial charge in [-0.3, -0.25) is 19.7 Å². The fourth-order valence-electron chi connectivity index (χ4n) is 2.26. The first kappa shape index (κ1) is 16.9. The van der Waals surface area contributed by atoms with E-state index in [-0.39, 0.29) is 18.9 Å². The number of hydrogen-bond acceptors (Lipinski definition) is 5. The van der Waals surface area contributed by atoms with Crippen LogP contribution in [0.25, 0.3) is 0 Å². The van der Waals surface area contributed by atoms with Gasteiger partial charge in [0.2, 0.25) is 6.04 Å². The van der Waals surface area contributed by atoms with Gasteiger partial charge in [-0.05, 0) is 17.5 Å². The fraction of sp³-hybridized carbons (Fsp3) is 0.500. The number of esters is 1. The molecule has 0 N–H and O–H groups in total. The van der Waals surface area contributed by atoms with E-state index in [1.54, 1.807) is 7.05 Å². The first-order valence-corrected chi connectivity index (χ1v) is 7.54. The molecule has 2 atom stereocenters. The Morgan fingerprint density at radius 2 is 1.91 bits per heavy atom. The standard InChI is InChI=1S/C16H20N2O5/c1-3-11-4-6-12(7-5-11)9-17(2)15(19)10-23-16(20)13-8-14(13)18(21)22/h4-7,13-14H,3,8-10H2,1-2H3. The predicted octanol–water partition coefficient (Wildman–Crippen LogP) is 1.42. The second-order valence-electron chi connectivity index (χ2n) is 5.72. The summed E-state index contributed by atoms with van der Waals surface area (Å²) in [4.78, 5) is 35.0. The Bertz CT molecular complexity index is 599. The largest absolute Gasteiger partial charge is 0.455 e. The minimum atomic E-state index is -0.854. The van der Waals surface area contributed by atoms with E-state index in [2.05, 4.69) is 6.92 Å². The van der Waals surface area contributed by atoms with Crippen LogP contribution in [0.15, 0.2) is 24.3 Å². The summed E-state index contributed by atoms with van der Waals surface area (Å²) >= 11 is 0. The normalized spacial score (nSPS) is 19.0. The highest BCUT2D eigenvalue weighted by atomic mass is 16.6. The Labute approximate surface area is 134 Å². The number of benzene rings is 1. The number of nitro groups is 1. The number of ether oxygens (including phenoxy) is 1. The summed E-state index contributed by atoms with van der Waals surface area (Å²) in [5.74, 6) is -1.71. The molecule has 0 spiro atoms. The van der Waals surface area contributed by atoms with E-state index in [9.17, 15) is 19.7 Å². The van der Waals surface area contributed by atoms with E-state index in [1.807, 2.05) is 24.3 Å². The summed E-state index contributed by atoms with van der Waals surface area (Å²) in [5, 5.41) is 10.5. The molecule has 2 unspecified atom stereocenters. The summed E-state index contributed by atoms with van der Waals surface area (Å²) in [6.07, 6.45) is 1.15. The predicted molar refractivity (Wildman–Crippen MR) is 82.1 cm³/mol. The molecule has 124 valence electrons. The average molecular weight is 320 g/mol. The van der Waals surface area contributed by atoms with E-state index in [0.29, 0.717) is 6.54 Å². The van der Waals surface area contributed by atoms with Crippen LogP contribution in [-0.2, 0) is 27.3 Å². The molecule has 0 radical (unpaired) electrons. The third-order valence-electron chi connectivity index (χ3n) is 3.94. The molecule has 0 aliphatic heterocycles. The van der Waals surface area contributed by atoms with Gasteiger partial charge in [-0.25, -0.2) is 0 Å². The van der Waals surface area contributed by atoms with Gasteiger partial charge in [0.05, 0.1) is 0 Å². The van der Waals surface area contributed by atoms with Crippen molar-refractivity contribution in [2.75, 3.05) is 13.7 Å². The van der Waals surface area contributed by atoms with Crippen LogP contribution in [0.1, 0.15) is 24.5 Å². The summed E-state index contributed by atoms with van der Waals surface area (Å²) in [6, 6.07) is 7.09. The lowest BCUT2D eigenvalue weighted by atomic mass is 10.1. The highest BCUT2D eigenvalue weighted by molar-refractivity contribution is 5.82. The monoisotopic (exact) mass is 320 g/mol. The average Bonchev–Trinajstić information content (AvgIpc) is 3.33. The lowest BCUT2D eigenvalue weighted by Crippen LogP contribution is -2.31. The lowest BCUT2D eigenvalue weighted by molar-refractivity contribution is -0.497. The van der Waals surface area contributed by atoms with Gasteiger partial charge in [0.25, 0.3) is 5.91 Å². The first-order valence-electron chi connectivity index (χ1n) is 7.54. The van der Waals surface area contributed by atoms with Gasteiger partial charge in [0.1, 0.15) is 5.92 Å². The Morgan fingerprint density at radius 3 is 2.43 bits per heavy atom. The molecule has 0 aromatic heterocycles. The molecule has 1 aliphatic rings. The topological polar surface area (TPSA) is 89.8 Å². The van der Waals surface area contributed by atoms with Gasteiger partial charge in [-0.2, -0.15) is 0 Å². The maximum absolute atomic E-state index is 11.9. The van der Waals surface area contributed by atoms with Crippen molar-refractivity contribution in [1.82, 2.24) is 4.90 Å². The van der Waals surface area contributed by atoms with Crippen molar-refractivity contribution in [3.05, 3.63) is 45.5 Å². The van der Waals surface area contributed by atoms with Crippen LogP contribution < -0.4 is 0 Å². The molecule has 23 heavy (non-hydrogen) atoms. The van der Waals surface area contributed by atoms with Crippen molar-refractivity contribution in [3.8, 4) is 0 Å². The summed E-state index contributed by atoms with van der Waals surface area (Å²) in [5.41, 5.74) is 2.21. The minimum absolute atomic E-state index is 0.194. The molecular weight excluding hydrogens is 300 g/mol. The SMILES string of the molecule is CCc1ccc(CN(C)C(=O)COC(=O)C2CC2[N+](=O)[O-])cc1. The number of rotatable bonds is 7. The molecular formula is C16H20N2O5. The van der Waals surface area contributed by atoms with Crippen molar-refractivity contribution in [1.29, 1.82) is 0 Å². The number of aryl methyl sites for hydroxylation is 1.